The molecule has 0 saturated carbocycles. The van der Waals surface area contributed by atoms with Crippen LogP contribution < -0.4 is 5.73 Å². The zero-order chi connectivity index (χ0) is 20.9. The van der Waals surface area contributed by atoms with E-state index in [2.05, 4.69) is 21.6 Å². The Morgan fingerprint density at radius 3 is 2.75 bits per heavy atom. The molecule has 0 aromatic carbocycles. The maximum atomic E-state index is 15.3. The van der Waals surface area contributed by atoms with Crippen molar-refractivity contribution in [3.63, 3.8) is 0 Å². The van der Waals surface area contributed by atoms with Crippen LogP contribution in [-0.4, -0.2) is 53.5 Å². The lowest BCUT2D eigenvalue weighted by molar-refractivity contribution is -0.177. The lowest BCUT2D eigenvalue weighted by Gasteiger charge is -2.31. The van der Waals surface area contributed by atoms with Crippen LogP contribution in [-0.2, 0) is 23.8 Å². The quantitative estimate of drug-likeness (QED) is 0.297. The number of azide groups is 1. The Labute approximate surface area is 160 Å². The molecule has 1 fully saturated rings. The summed E-state index contributed by atoms with van der Waals surface area (Å²) < 4.78 is 31.1. The third-order valence-corrected chi connectivity index (χ3v) is 4.06. The van der Waals surface area contributed by atoms with Crippen LogP contribution in [0.2, 0.25) is 0 Å². The molecule has 152 valence electrons. The van der Waals surface area contributed by atoms with Gasteiger partial charge >= 0.3 is 11.9 Å². The Hall–Kier alpha value is -3.11. The second kappa shape index (κ2) is 8.72. The maximum Gasteiger partial charge on any atom is 0.305 e. The molecule has 0 aromatic heterocycles. The summed E-state index contributed by atoms with van der Waals surface area (Å²) in [5.41, 5.74) is 12.5. The highest BCUT2D eigenvalue weighted by atomic mass is 19.1. The van der Waals surface area contributed by atoms with Crippen LogP contribution in [0.5, 0.6) is 0 Å². The average molecular weight is 396 g/mol. The Balaban J connectivity index is 2.40. The van der Waals surface area contributed by atoms with Gasteiger partial charge in [0.15, 0.2) is 18.5 Å². The molecule has 0 aromatic rings. The first-order chi connectivity index (χ1) is 13.3. The molecule has 11 nitrogen and oxygen atoms in total. The topological polar surface area (TPSA) is 152 Å². The van der Waals surface area contributed by atoms with Crippen LogP contribution in [0.25, 0.3) is 10.4 Å². The number of hydrogen-bond donors (Lipinski definition) is 1. The molecule has 28 heavy (non-hydrogen) atoms. The number of rotatable bonds is 7. The van der Waals surface area contributed by atoms with Gasteiger partial charge in [-0.2, -0.15) is 0 Å². The summed E-state index contributed by atoms with van der Waals surface area (Å²) >= 11 is 0. The van der Waals surface area contributed by atoms with Crippen molar-refractivity contribution in [1.82, 2.24) is 4.90 Å². The van der Waals surface area contributed by atoms with Crippen LogP contribution >= 0.6 is 0 Å². The monoisotopic (exact) mass is 396 g/mol. The number of carbonyl (C=O) groups excluding carboxylic acids is 2. The number of carbonyl (C=O) groups is 2. The fraction of sp³-hybridized carbons (Fsp3) is 0.562. The van der Waals surface area contributed by atoms with Crippen molar-refractivity contribution >= 4 is 17.8 Å². The summed E-state index contributed by atoms with van der Waals surface area (Å²) in [6.45, 7) is 6.10. The summed E-state index contributed by atoms with van der Waals surface area (Å²) in [6, 6.07) is 0. The Kier molecular flexibility index (Phi) is 6.60. The number of alkyl halides is 1. The predicted molar refractivity (Wildman–Crippen MR) is 94.8 cm³/mol. The molecule has 0 radical (unpaired) electrons. The molecule has 0 bridgehead atoms. The van der Waals surface area contributed by atoms with Gasteiger partial charge in [0.1, 0.15) is 18.3 Å². The van der Waals surface area contributed by atoms with Crippen LogP contribution in [0, 0.1) is 0 Å². The molecule has 0 unspecified atom stereocenters. The Morgan fingerprint density at radius 1 is 1.50 bits per heavy atom. The number of hydrogen-bond acceptors (Lipinski definition) is 9. The molecule has 1 saturated heterocycles. The van der Waals surface area contributed by atoms with Crippen molar-refractivity contribution in [1.29, 1.82) is 0 Å². The standard InChI is InChI=1S/C16H21FN6O5/c1-4-11(24)26-8-16(21-22-19)14(27-12(25)5-2)13(17)15(28-16)23-7-6-10(18)20-9(23)3/h6-7,13-15H,3-5,8H2,1-2H3,(H2,18,20)/t13-,14+,15-,16-/m1/s1. The van der Waals surface area contributed by atoms with E-state index in [-0.39, 0.29) is 24.5 Å². The van der Waals surface area contributed by atoms with E-state index in [9.17, 15) is 9.59 Å². The minimum atomic E-state index is -2.10. The second-order valence-corrected chi connectivity index (χ2v) is 5.94. The molecule has 2 rings (SSSR count). The van der Waals surface area contributed by atoms with E-state index in [4.69, 9.17) is 25.5 Å². The third kappa shape index (κ3) is 4.24. The van der Waals surface area contributed by atoms with Gasteiger partial charge in [-0.25, -0.2) is 9.38 Å². The van der Waals surface area contributed by atoms with Crippen LogP contribution in [0.3, 0.4) is 0 Å². The first-order valence-electron chi connectivity index (χ1n) is 8.50. The number of esters is 2. The summed E-state index contributed by atoms with van der Waals surface area (Å²) in [4.78, 5) is 31.2. The second-order valence-electron chi connectivity index (χ2n) is 5.94. The smallest absolute Gasteiger partial charge is 0.305 e. The Morgan fingerprint density at radius 2 is 2.18 bits per heavy atom. The van der Waals surface area contributed by atoms with Crippen LogP contribution in [0.1, 0.15) is 26.7 Å². The minimum absolute atomic E-state index is 0.0356. The lowest BCUT2D eigenvalue weighted by Crippen LogP contribution is -2.47. The molecule has 2 aliphatic heterocycles. The van der Waals surface area contributed by atoms with E-state index in [1.165, 1.54) is 24.1 Å². The molecule has 2 N–H and O–H groups in total. The first kappa shape index (κ1) is 21.2. The van der Waals surface area contributed by atoms with Crippen molar-refractivity contribution in [3.8, 4) is 0 Å². The summed E-state index contributed by atoms with van der Waals surface area (Å²) in [5, 5.41) is 3.49. The van der Waals surface area contributed by atoms with Gasteiger partial charge in [0.05, 0.1) is 0 Å². The van der Waals surface area contributed by atoms with E-state index in [1.54, 1.807) is 6.92 Å². The van der Waals surface area contributed by atoms with Gasteiger partial charge in [0, 0.05) is 24.0 Å². The number of nitrogens with zero attached hydrogens (tertiary/aromatic N) is 5. The maximum absolute atomic E-state index is 15.3. The zero-order valence-corrected chi connectivity index (χ0v) is 15.4. The Bertz CT molecular complexity index is 765. The zero-order valence-electron chi connectivity index (χ0n) is 15.4. The van der Waals surface area contributed by atoms with Crippen molar-refractivity contribution in [2.45, 2.75) is 50.9 Å². The molecular weight excluding hydrogens is 375 g/mol. The molecule has 2 heterocycles. The van der Waals surface area contributed by atoms with Gasteiger partial charge < -0.3 is 24.8 Å². The summed E-state index contributed by atoms with van der Waals surface area (Å²) in [6.07, 6.45) is -2.29. The molecule has 2 aliphatic rings. The van der Waals surface area contributed by atoms with Crippen LogP contribution in [0.15, 0.2) is 34.8 Å². The van der Waals surface area contributed by atoms with Crippen molar-refractivity contribution in [2.75, 3.05) is 6.61 Å². The third-order valence-electron chi connectivity index (χ3n) is 4.06. The molecule has 0 amide bonds. The highest BCUT2D eigenvalue weighted by Crippen LogP contribution is 2.40. The summed E-state index contributed by atoms with van der Waals surface area (Å²) in [7, 11) is 0. The normalized spacial score (nSPS) is 29.1. The highest BCUT2D eigenvalue weighted by Gasteiger charge is 2.60. The van der Waals surface area contributed by atoms with Gasteiger partial charge in [0.2, 0.25) is 5.72 Å². The van der Waals surface area contributed by atoms with Crippen molar-refractivity contribution < 1.29 is 28.2 Å². The van der Waals surface area contributed by atoms with Crippen molar-refractivity contribution in [3.05, 3.63) is 35.1 Å². The van der Waals surface area contributed by atoms with Gasteiger partial charge in [-0.15, -0.1) is 0 Å². The number of nitrogens with two attached hydrogens (primary N) is 1. The number of amidine groups is 1. The van der Waals surface area contributed by atoms with E-state index in [1.807, 2.05) is 0 Å². The fourth-order valence-corrected chi connectivity index (χ4v) is 2.64. The highest BCUT2D eigenvalue weighted by molar-refractivity contribution is 5.92. The van der Waals surface area contributed by atoms with Gasteiger partial charge in [0.25, 0.3) is 0 Å². The van der Waals surface area contributed by atoms with Gasteiger partial charge in [-0.05, 0) is 11.6 Å². The number of ether oxygens (including phenoxy) is 3. The van der Waals surface area contributed by atoms with Gasteiger partial charge in [-0.1, -0.05) is 25.5 Å². The van der Waals surface area contributed by atoms with E-state index < -0.39 is 42.8 Å². The summed E-state index contributed by atoms with van der Waals surface area (Å²) in [5.74, 6) is -1.15. The number of halogens is 1. The fourth-order valence-electron chi connectivity index (χ4n) is 2.64. The average Bonchev–Trinajstić information content (AvgIpc) is 2.92. The van der Waals surface area contributed by atoms with E-state index in [0.29, 0.717) is 0 Å². The number of aliphatic imine (C=N–C) groups is 1. The SMILES string of the molecule is C=C1N=C(N)C=CN1[C@@H]1O[C@@](COC(=O)CC)(N=[N+]=[N-])[C@@H](OC(=O)CC)[C@H]1F. The predicted octanol–water partition coefficient (Wildman–Crippen LogP) is 1.62. The van der Waals surface area contributed by atoms with Crippen molar-refractivity contribution in [2.24, 2.45) is 15.8 Å². The van der Waals surface area contributed by atoms with E-state index in [0.717, 1.165) is 0 Å². The molecule has 0 aliphatic carbocycles. The van der Waals surface area contributed by atoms with E-state index >= 15 is 4.39 Å². The van der Waals surface area contributed by atoms with Crippen LogP contribution in [0.4, 0.5) is 4.39 Å². The van der Waals surface area contributed by atoms with Gasteiger partial charge in [-0.3, -0.25) is 9.59 Å². The molecule has 12 heteroatoms. The minimum Gasteiger partial charge on any atom is -0.462 e. The first-order valence-corrected chi connectivity index (χ1v) is 8.50. The lowest BCUT2D eigenvalue weighted by atomic mass is 10.1. The molecular formula is C16H21FN6O5. The molecule has 4 atom stereocenters. The largest absolute Gasteiger partial charge is 0.462 e. The molecule has 0 spiro atoms.